The van der Waals surface area contributed by atoms with Crippen molar-refractivity contribution in [2.45, 2.75) is 6.92 Å². The van der Waals surface area contributed by atoms with Gasteiger partial charge in [0.15, 0.2) is 11.6 Å². The Morgan fingerprint density at radius 3 is 2.67 bits per heavy atom. The van der Waals surface area contributed by atoms with Gasteiger partial charge in [0.2, 0.25) is 5.95 Å². The zero-order chi connectivity index (χ0) is 10.8. The van der Waals surface area contributed by atoms with Crippen LogP contribution in [0.4, 0.5) is 4.39 Å². The number of hydrogen-bond acceptors (Lipinski definition) is 4. The van der Waals surface area contributed by atoms with Crippen molar-refractivity contribution < 1.29 is 9.18 Å². The zero-order valence-corrected chi connectivity index (χ0v) is 7.88. The smallest absolute Gasteiger partial charge is 0.219 e. The third-order valence-electron chi connectivity index (χ3n) is 1.85. The van der Waals surface area contributed by atoms with Gasteiger partial charge in [-0.1, -0.05) is 0 Å². The van der Waals surface area contributed by atoms with Gasteiger partial charge in [0.05, 0.1) is 6.20 Å². The first-order valence-corrected chi connectivity index (χ1v) is 4.21. The molecule has 6 heteroatoms. The second-order valence-electron chi connectivity index (χ2n) is 2.92. The molecule has 0 saturated heterocycles. The summed E-state index contributed by atoms with van der Waals surface area (Å²) in [7, 11) is 0. The molecule has 0 unspecified atom stereocenters. The summed E-state index contributed by atoms with van der Waals surface area (Å²) < 4.78 is 14.2. The Morgan fingerprint density at radius 2 is 2.20 bits per heavy atom. The summed E-state index contributed by atoms with van der Waals surface area (Å²) in [4.78, 5) is 14.5. The summed E-state index contributed by atoms with van der Waals surface area (Å²) in [6, 6.07) is 3.00. The Kier molecular flexibility index (Phi) is 2.24. The van der Waals surface area contributed by atoms with Crippen LogP contribution in [-0.2, 0) is 0 Å². The molecule has 0 amide bonds. The van der Waals surface area contributed by atoms with E-state index in [2.05, 4.69) is 15.2 Å². The van der Waals surface area contributed by atoms with Crippen LogP contribution in [0.5, 0.6) is 0 Å². The first-order chi connectivity index (χ1) is 7.18. The molecule has 0 fully saturated rings. The van der Waals surface area contributed by atoms with Crippen molar-refractivity contribution in [2.75, 3.05) is 0 Å². The molecule has 0 N–H and O–H groups in total. The quantitative estimate of drug-likeness (QED) is 0.688. The highest BCUT2D eigenvalue weighted by Gasteiger charge is 2.06. The molecule has 0 aliphatic rings. The zero-order valence-electron chi connectivity index (χ0n) is 7.88. The number of halogens is 1. The van der Waals surface area contributed by atoms with Crippen molar-refractivity contribution in [3.63, 3.8) is 0 Å². The predicted octanol–water partition coefficient (Wildman–Crippen LogP) is 1.00. The van der Waals surface area contributed by atoms with Gasteiger partial charge in [-0.3, -0.25) is 9.36 Å². The summed E-state index contributed by atoms with van der Waals surface area (Å²) in [5, 5.41) is 7.38. The van der Waals surface area contributed by atoms with Crippen LogP contribution < -0.4 is 0 Å². The molecule has 2 aromatic heterocycles. The molecule has 0 aliphatic carbocycles. The molecule has 2 rings (SSSR count). The monoisotopic (exact) mass is 206 g/mol. The Balaban J connectivity index is 2.40. The fraction of sp³-hybridized carbons (Fsp3) is 0.111. The summed E-state index contributed by atoms with van der Waals surface area (Å²) in [6.07, 6.45) is 2.35. The van der Waals surface area contributed by atoms with Gasteiger partial charge in [0.25, 0.3) is 0 Å². The molecule has 2 heterocycles. The normalized spacial score (nSPS) is 10.3. The number of rotatable bonds is 2. The van der Waals surface area contributed by atoms with Crippen LogP contribution in [0.3, 0.4) is 0 Å². The fourth-order valence-corrected chi connectivity index (χ4v) is 1.09. The standard InChI is InChI=1S/C9H7FN4O/c1-6(15)7-2-3-9(13-12-7)14-5-11-4-8(14)10/h2-5H,1H3. The van der Waals surface area contributed by atoms with E-state index in [0.717, 1.165) is 10.8 Å². The molecule has 0 aliphatic heterocycles. The van der Waals surface area contributed by atoms with Crippen molar-refractivity contribution in [2.24, 2.45) is 0 Å². The number of ketones is 1. The van der Waals surface area contributed by atoms with Gasteiger partial charge in [0, 0.05) is 6.92 Å². The summed E-state index contributed by atoms with van der Waals surface area (Å²) in [5.74, 6) is -0.421. The van der Waals surface area contributed by atoms with Crippen molar-refractivity contribution in [1.82, 2.24) is 19.7 Å². The van der Waals surface area contributed by atoms with Crippen molar-refractivity contribution >= 4 is 5.78 Å². The molecule has 0 radical (unpaired) electrons. The van der Waals surface area contributed by atoms with E-state index < -0.39 is 5.95 Å². The molecule has 0 aromatic carbocycles. The third kappa shape index (κ3) is 1.74. The van der Waals surface area contributed by atoms with E-state index in [1.54, 1.807) is 0 Å². The Labute approximate surface area is 84.6 Å². The number of aromatic nitrogens is 4. The lowest BCUT2D eigenvalue weighted by Crippen LogP contribution is -2.04. The first kappa shape index (κ1) is 9.45. The van der Waals surface area contributed by atoms with Crippen LogP contribution in [0.15, 0.2) is 24.7 Å². The number of carbonyl (C=O) groups is 1. The number of hydrogen-bond donors (Lipinski definition) is 0. The minimum absolute atomic E-state index is 0.180. The van der Waals surface area contributed by atoms with Gasteiger partial charge in [-0.2, -0.15) is 4.39 Å². The Morgan fingerprint density at radius 1 is 1.40 bits per heavy atom. The van der Waals surface area contributed by atoms with Crippen LogP contribution in [0.2, 0.25) is 0 Å². The molecule has 0 bridgehead atoms. The van der Waals surface area contributed by atoms with Gasteiger partial charge < -0.3 is 0 Å². The predicted molar refractivity (Wildman–Crippen MR) is 49.1 cm³/mol. The van der Waals surface area contributed by atoms with Crippen LogP contribution in [-0.4, -0.2) is 25.5 Å². The molecule has 0 saturated carbocycles. The van der Waals surface area contributed by atoms with E-state index in [4.69, 9.17) is 0 Å². The van der Waals surface area contributed by atoms with Crippen molar-refractivity contribution in [3.05, 3.63) is 36.3 Å². The summed E-state index contributed by atoms with van der Waals surface area (Å²) >= 11 is 0. The van der Waals surface area contributed by atoms with Crippen LogP contribution in [0.1, 0.15) is 17.4 Å². The largest absolute Gasteiger partial charge is 0.293 e. The highest BCUT2D eigenvalue weighted by molar-refractivity contribution is 5.91. The minimum atomic E-state index is -0.528. The van der Waals surface area contributed by atoms with Gasteiger partial charge in [0.1, 0.15) is 12.0 Å². The molecule has 76 valence electrons. The van der Waals surface area contributed by atoms with Crippen LogP contribution in [0.25, 0.3) is 5.82 Å². The lowest BCUT2D eigenvalue weighted by molar-refractivity contribution is 0.101. The van der Waals surface area contributed by atoms with Gasteiger partial charge in [-0.15, -0.1) is 10.2 Å². The maximum absolute atomic E-state index is 13.1. The van der Waals surface area contributed by atoms with Gasteiger partial charge in [-0.05, 0) is 12.1 Å². The van der Waals surface area contributed by atoms with Crippen molar-refractivity contribution in [3.8, 4) is 5.82 Å². The average molecular weight is 206 g/mol. The lowest BCUT2D eigenvalue weighted by Gasteiger charge is -2.00. The van der Waals surface area contributed by atoms with E-state index in [9.17, 15) is 9.18 Å². The lowest BCUT2D eigenvalue weighted by atomic mass is 10.3. The van der Waals surface area contributed by atoms with Gasteiger partial charge in [-0.25, -0.2) is 4.98 Å². The fourth-order valence-electron chi connectivity index (χ4n) is 1.09. The topological polar surface area (TPSA) is 60.7 Å². The molecule has 0 spiro atoms. The van der Waals surface area contributed by atoms with E-state index in [0.29, 0.717) is 0 Å². The van der Waals surface area contributed by atoms with Crippen LogP contribution in [0, 0.1) is 5.95 Å². The Bertz CT molecular complexity index is 491. The van der Waals surface area contributed by atoms with Gasteiger partial charge >= 0.3 is 0 Å². The van der Waals surface area contributed by atoms with Crippen LogP contribution >= 0.6 is 0 Å². The molecule has 5 nitrogen and oxygen atoms in total. The molecule has 15 heavy (non-hydrogen) atoms. The van der Waals surface area contributed by atoms with E-state index in [1.807, 2.05) is 0 Å². The molecule has 2 aromatic rings. The second-order valence-corrected chi connectivity index (χ2v) is 2.92. The van der Waals surface area contributed by atoms with Crippen molar-refractivity contribution in [1.29, 1.82) is 0 Å². The highest BCUT2D eigenvalue weighted by atomic mass is 19.1. The average Bonchev–Trinajstić information content (AvgIpc) is 2.65. The van der Waals surface area contributed by atoms with E-state index in [1.165, 1.54) is 25.4 Å². The highest BCUT2D eigenvalue weighted by Crippen LogP contribution is 2.06. The molecule has 0 atom stereocenters. The number of nitrogens with zero attached hydrogens (tertiary/aromatic N) is 4. The number of imidazole rings is 1. The van der Waals surface area contributed by atoms with E-state index in [-0.39, 0.29) is 17.3 Å². The summed E-state index contributed by atoms with van der Waals surface area (Å²) in [6.45, 7) is 1.39. The first-order valence-electron chi connectivity index (χ1n) is 4.21. The number of carbonyl (C=O) groups excluding carboxylic acids is 1. The molecular formula is C9H7FN4O. The third-order valence-corrected chi connectivity index (χ3v) is 1.85. The minimum Gasteiger partial charge on any atom is -0.293 e. The maximum Gasteiger partial charge on any atom is 0.219 e. The Hall–Kier alpha value is -2.11. The molecular weight excluding hydrogens is 199 g/mol. The second kappa shape index (κ2) is 3.56. The van der Waals surface area contributed by atoms with E-state index >= 15 is 0 Å². The summed E-state index contributed by atoms with van der Waals surface area (Å²) in [5.41, 5.74) is 0.249. The SMILES string of the molecule is CC(=O)c1ccc(-n2cncc2F)nn1. The number of Topliss-reactive ketones (excluding diaryl/α,β-unsaturated/α-hetero) is 1. The maximum atomic E-state index is 13.1.